The number of hydrogen-bond donors (Lipinski definition) is 1. The fourth-order valence-corrected chi connectivity index (χ4v) is 2.56. The van der Waals surface area contributed by atoms with E-state index in [0.29, 0.717) is 6.42 Å². The number of esters is 1. The van der Waals surface area contributed by atoms with Crippen LogP contribution >= 0.6 is 0 Å². The van der Waals surface area contributed by atoms with Crippen LogP contribution in [-0.4, -0.2) is 25.7 Å². The lowest BCUT2D eigenvalue weighted by molar-refractivity contribution is -0.152. The van der Waals surface area contributed by atoms with Crippen molar-refractivity contribution in [2.45, 2.75) is 32.8 Å². The Morgan fingerprint density at radius 2 is 2.32 bits per heavy atom. The van der Waals surface area contributed by atoms with Crippen molar-refractivity contribution in [2.24, 2.45) is 11.1 Å². The summed E-state index contributed by atoms with van der Waals surface area (Å²) in [6.45, 7) is 4.15. The highest BCUT2D eigenvalue weighted by molar-refractivity contribution is 5.76. The van der Waals surface area contributed by atoms with E-state index in [1.807, 2.05) is 19.1 Å². The predicted molar refractivity (Wildman–Crippen MR) is 73.1 cm³/mol. The zero-order valence-electron chi connectivity index (χ0n) is 11.7. The van der Waals surface area contributed by atoms with E-state index >= 15 is 0 Å². The van der Waals surface area contributed by atoms with E-state index in [1.54, 1.807) is 0 Å². The molecule has 1 aromatic carbocycles. The molecule has 1 aromatic rings. The zero-order chi connectivity index (χ0) is 14.0. The minimum Gasteiger partial charge on any atom is -0.490 e. The summed E-state index contributed by atoms with van der Waals surface area (Å²) in [6.07, 6.45) is 1.39. The molecule has 0 amide bonds. The minimum atomic E-state index is -0.684. The molecule has 104 valence electrons. The molecule has 0 aromatic heterocycles. The van der Waals surface area contributed by atoms with Gasteiger partial charge in [-0.15, -0.1) is 0 Å². The van der Waals surface area contributed by atoms with Crippen molar-refractivity contribution in [1.29, 1.82) is 0 Å². The van der Waals surface area contributed by atoms with Crippen LogP contribution in [0.3, 0.4) is 0 Å². The number of carbonyl (C=O) groups excluding carboxylic acids is 1. The van der Waals surface area contributed by atoms with E-state index in [-0.39, 0.29) is 18.6 Å². The van der Waals surface area contributed by atoms with E-state index in [0.717, 1.165) is 12.2 Å². The van der Waals surface area contributed by atoms with E-state index < -0.39 is 5.41 Å². The van der Waals surface area contributed by atoms with Crippen LogP contribution in [0.25, 0.3) is 0 Å². The highest BCUT2D eigenvalue weighted by Crippen LogP contribution is 2.35. The van der Waals surface area contributed by atoms with Crippen molar-refractivity contribution < 1.29 is 14.3 Å². The Morgan fingerprint density at radius 1 is 1.58 bits per heavy atom. The van der Waals surface area contributed by atoms with Gasteiger partial charge >= 0.3 is 5.97 Å². The van der Waals surface area contributed by atoms with Gasteiger partial charge in [0.1, 0.15) is 11.9 Å². The molecule has 0 radical (unpaired) electrons. The third-order valence-corrected chi connectivity index (χ3v) is 3.76. The Kier molecular flexibility index (Phi) is 3.80. The van der Waals surface area contributed by atoms with Gasteiger partial charge in [-0.2, -0.15) is 0 Å². The van der Waals surface area contributed by atoms with Crippen molar-refractivity contribution >= 4 is 5.97 Å². The summed E-state index contributed by atoms with van der Waals surface area (Å²) in [5, 5.41) is 0. The molecule has 4 heteroatoms. The van der Waals surface area contributed by atoms with Gasteiger partial charge in [0.05, 0.1) is 12.5 Å². The Bertz CT molecular complexity index is 486. The monoisotopic (exact) mass is 263 g/mol. The highest BCUT2D eigenvalue weighted by Gasteiger charge is 2.38. The molecule has 19 heavy (non-hydrogen) atoms. The third kappa shape index (κ3) is 2.73. The molecule has 2 N–H and O–H groups in total. The number of methoxy groups -OCH3 is 1. The van der Waals surface area contributed by atoms with Crippen LogP contribution in [0.15, 0.2) is 18.2 Å². The first-order chi connectivity index (χ1) is 8.98. The average Bonchev–Trinajstić information content (AvgIpc) is 2.78. The fourth-order valence-electron chi connectivity index (χ4n) is 2.56. The second-order valence-electron chi connectivity index (χ2n) is 5.52. The lowest BCUT2D eigenvalue weighted by atomic mass is 9.83. The van der Waals surface area contributed by atoms with Gasteiger partial charge in [0, 0.05) is 19.4 Å². The summed E-state index contributed by atoms with van der Waals surface area (Å²) in [6, 6.07) is 6.15. The van der Waals surface area contributed by atoms with E-state index in [1.165, 1.54) is 18.2 Å². The lowest BCUT2D eigenvalue weighted by Gasteiger charge is -2.27. The van der Waals surface area contributed by atoms with Crippen LogP contribution in [0.1, 0.15) is 24.5 Å². The number of nitrogens with two attached hydrogens (primary N) is 1. The molecule has 0 aliphatic carbocycles. The smallest absolute Gasteiger partial charge is 0.312 e. The number of fused-ring (bicyclic) bond motifs is 1. The molecule has 0 fully saturated rings. The van der Waals surface area contributed by atoms with Crippen LogP contribution in [0.4, 0.5) is 0 Å². The molecular weight excluding hydrogens is 242 g/mol. The molecule has 1 heterocycles. The molecule has 2 rings (SSSR count). The van der Waals surface area contributed by atoms with Crippen LogP contribution in [0.5, 0.6) is 5.75 Å². The van der Waals surface area contributed by atoms with Crippen molar-refractivity contribution in [3.63, 3.8) is 0 Å². The fraction of sp³-hybridized carbons (Fsp3) is 0.533. The largest absolute Gasteiger partial charge is 0.490 e. The van der Waals surface area contributed by atoms with E-state index in [2.05, 4.69) is 13.0 Å². The van der Waals surface area contributed by atoms with Crippen LogP contribution in [0, 0.1) is 12.3 Å². The van der Waals surface area contributed by atoms with Crippen molar-refractivity contribution in [3.8, 4) is 5.75 Å². The summed E-state index contributed by atoms with van der Waals surface area (Å²) in [5.74, 6) is 0.644. The normalized spacial score (nSPS) is 20.3. The van der Waals surface area contributed by atoms with Gasteiger partial charge in [0.25, 0.3) is 0 Å². The quantitative estimate of drug-likeness (QED) is 0.842. The minimum absolute atomic E-state index is 0.00977. The second kappa shape index (κ2) is 5.21. The standard InChI is InChI=1S/C15H21NO3/c1-10-4-5-13-11(6-10)7-12(19-13)8-15(2,9-16)14(17)18-3/h4-6,12H,7-9,16H2,1-3H3. The number of ether oxygens (including phenoxy) is 2. The maximum atomic E-state index is 11.8. The average molecular weight is 263 g/mol. The van der Waals surface area contributed by atoms with Gasteiger partial charge < -0.3 is 15.2 Å². The van der Waals surface area contributed by atoms with Gasteiger partial charge in [0.15, 0.2) is 0 Å². The van der Waals surface area contributed by atoms with Gasteiger partial charge in [-0.3, -0.25) is 4.79 Å². The number of aryl methyl sites for hydroxylation is 1. The highest BCUT2D eigenvalue weighted by atomic mass is 16.5. The molecule has 4 nitrogen and oxygen atoms in total. The van der Waals surface area contributed by atoms with Crippen molar-refractivity contribution in [2.75, 3.05) is 13.7 Å². The number of carbonyl (C=O) groups is 1. The van der Waals surface area contributed by atoms with E-state index in [4.69, 9.17) is 15.2 Å². The molecule has 0 saturated heterocycles. The molecule has 0 spiro atoms. The molecule has 0 saturated carbocycles. The number of rotatable bonds is 4. The van der Waals surface area contributed by atoms with Gasteiger partial charge in [-0.1, -0.05) is 17.7 Å². The molecule has 2 atom stereocenters. The SMILES string of the molecule is COC(=O)C(C)(CN)CC1Cc2cc(C)ccc2O1. The molecule has 1 aliphatic heterocycles. The topological polar surface area (TPSA) is 61.5 Å². The zero-order valence-corrected chi connectivity index (χ0v) is 11.7. The lowest BCUT2D eigenvalue weighted by Crippen LogP contribution is -2.40. The van der Waals surface area contributed by atoms with Gasteiger partial charge in [-0.25, -0.2) is 0 Å². The summed E-state index contributed by atoms with van der Waals surface area (Å²) >= 11 is 0. The number of benzene rings is 1. The maximum absolute atomic E-state index is 11.8. The summed E-state index contributed by atoms with van der Waals surface area (Å²) in [5.41, 5.74) is 7.47. The first-order valence-electron chi connectivity index (χ1n) is 6.53. The first kappa shape index (κ1) is 13.9. The first-order valence-corrected chi connectivity index (χ1v) is 6.53. The Balaban J connectivity index is 2.09. The summed E-state index contributed by atoms with van der Waals surface area (Å²) < 4.78 is 10.7. The predicted octanol–water partition coefficient (Wildman–Crippen LogP) is 1.83. The number of hydrogen-bond acceptors (Lipinski definition) is 4. The van der Waals surface area contributed by atoms with E-state index in [9.17, 15) is 4.79 Å². The Morgan fingerprint density at radius 3 is 2.95 bits per heavy atom. The van der Waals surface area contributed by atoms with Crippen LogP contribution in [0.2, 0.25) is 0 Å². The Labute approximate surface area is 113 Å². The Hall–Kier alpha value is -1.55. The second-order valence-corrected chi connectivity index (χ2v) is 5.52. The van der Waals surface area contributed by atoms with Gasteiger partial charge in [-0.05, 0) is 25.5 Å². The van der Waals surface area contributed by atoms with Crippen LogP contribution in [-0.2, 0) is 16.0 Å². The molecule has 0 bridgehead atoms. The maximum Gasteiger partial charge on any atom is 0.312 e. The van der Waals surface area contributed by atoms with Crippen LogP contribution < -0.4 is 10.5 Å². The summed E-state index contributed by atoms with van der Waals surface area (Å²) in [7, 11) is 1.39. The molecule has 1 aliphatic rings. The molecule has 2 unspecified atom stereocenters. The van der Waals surface area contributed by atoms with Crippen molar-refractivity contribution in [1.82, 2.24) is 0 Å². The van der Waals surface area contributed by atoms with Crippen molar-refractivity contribution in [3.05, 3.63) is 29.3 Å². The van der Waals surface area contributed by atoms with Gasteiger partial charge in [0.2, 0.25) is 0 Å². The molecular formula is C15H21NO3. The third-order valence-electron chi connectivity index (χ3n) is 3.76. The summed E-state index contributed by atoms with van der Waals surface area (Å²) in [4.78, 5) is 11.8.